The number of ether oxygens (including phenoxy) is 2. The molecular weight excluding hydrogens is 364 g/mol. The number of carbonyl (C=O) groups excluding carboxylic acids is 3. The van der Waals surface area contributed by atoms with Crippen molar-refractivity contribution in [3.63, 3.8) is 0 Å². The summed E-state index contributed by atoms with van der Waals surface area (Å²) in [6, 6.07) is -0.864. The van der Waals surface area contributed by atoms with Crippen LogP contribution in [0.15, 0.2) is 0 Å². The molecule has 0 saturated heterocycles. The zero-order valence-corrected chi connectivity index (χ0v) is 17.8. The highest BCUT2D eigenvalue weighted by atomic mass is 16.6. The van der Waals surface area contributed by atoms with Crippen molar-refractivity contribution in [2.24, 2.45) is 0 Å². The topological polar surface area (TPSA) is 114 Å². The number of nitrogens with one attached hydrogen (secondary N) is 2. The Morgan fingerprint density at radius 1 is 1.04 bits per heavy atom. The average Bonchev–Trinajstić information content (AvgIpc) is 2.49. The first kappa shape index (κ1) is 25.7. The van der Waals surface area contributed by atoms with Gasteiger partial charge in [0.2, 0.25) is 5.91 Å². The van der Waals surface area contributed by atoms with E-state index in [-0.39, 0.29) is 6.42 Å². The summed E-state index contributed by atoms with van der Waals surface area (Å²) in [5.41, 5.74) is -1.38. The molecule has 0 aromatic carbocycles. The fourth-order valence-corrected chi connectivity index (χ4v) is 2.08. The van der Waals surface area contributed by atoms with Crippen LogP contribution in [0.25, 0.3) is 0 Å². The monoisotopic (exact) mass is 398 g/mol. The molecule has 0 aromatic rings. The smallest absolute Gasteiger partial charge is 0.408 e. The number of hydrogen-bond acceptors (Lipinski definition) is 6. The highest BCUT2D eigenvalue weighted by molar-refractivity contribution is 5.82. The Morgan fingerprint density at radius 3 is 2.11 bits per heavy atom. The summed E-state index contributed by atoms with van der Waals surface area (Å²) in [5, 5.41) is 14.6. The van der Waals surface area contributed by atoms with Crippen LogP contribution in [0.2, 0.25) is 0 Å². The molecular formula is C20H34N2O6. The molecule has 3 N–H and O–H groups in total. The predicted molar refractivity (Wildman–Crippen MR) is 105 cm³/mol. The predicted octanol–water partition coefficient (Wildman–Crippen LogP) is 1.89. The molecule has 0 radical (unpaired) electrons. The second-order valence-corrected chi connectivity index (χ2v) is 8.44. The van der Waals surface area contributed by atoms with Crippen molar-refractivity contribution >= 4 is 18.0 Å². The van der Waals surface area contributed by atoms with E-state index in [1.54, 1.807) is 41.5 Å². The number of esters is 1. The third-order valence-corrected chi connectivity index (χ3v) is 3.21. The van der Waals surface area contributed by atoms with Gasteiger partial charge in [-0.1, -0.05) is 0 Å². The maximum Gasteiger partial charge on any atom is 0.408 e. The molecule has 0 heterocycles. The molecule has 0 unspecified atom stereocenters. The van der Waals surface area contributed by atoms with Crippen molar-refractivity contribution in [3.8, 4) is 12.3 Å². The number of hydrogen-bond donors (Lipinski definition) is 3. The van der Waals surface area contributed by atoms with E-state index >= 15 is 0 Å². The molecule has 0 aliphatic carbocycles. The number of rotatable bonds is 9. The lowest BCUT2D eigenvalue weighted by Crippen LogP contribution is -2.46. The van der Waals surface area contributed by atoms with Crippen molar-refractivity contribution in [2.75, 3.05) is 6.54 Å². The van der Waals surface area contributed by atoms with Gasteiger partial charge in [-0.2, -0.15) is 0 Å². The molecule has 0 saturated carbocycles. The zero-order valence-electron chi connectivity index (χ0n) is 17.8. The Kier molecular flexibility index (Phi) is 10.6. The summed E-state index contributed by atoms with van der Waals surface area (Å²) in [6.45, 7) is 10.7. The zero-order chi connectivity index (χ0) is 22.0. The van der Waals surface area contributed by atoms with Crippen LogP contribution in [0, 0.1) is 12.3 Å². The third-order valence-electron chi connectivity index (χ3n) is 3.21. The lowest BCUT2D eigenvalue weighted by Gasteiger charge is -2.26. The Morgan fingerprint density at radius 2 is 1.61 bits per heavy atom. The lowest BCUT2D eigenvalue weighted by atomic mass is 10.1. The summed E-state index contributed by atoms with van der Waals surface area (Å²) in [7, 11) is 0. The van der Waals surface area contributed by atoms with E-state index < -0.39 is 41.3 Å². The number of carbonyl (C=O) groups is 3. The van der Waals surface area contributed by atoms with E-state index in [0.29, 0.717) is 25.8 Å². The Hall–Kier alpha value is -2.27. The number of unbranched alkanes of at least 4 members (excludes halogenated alkanes) is 1. The van der Waals surface area contributed by atoms with Gasteiger partial charge in [-0.15, -0.1) is 12.3 Å². The van der Waals surface area contributed by atoms with Gasteiger partial charge in [0.05, 0.1) is 0 Å². The van der Waals surface area contributed by atoms with Crippen LogP contribution in [0.3, 0.4) is 0 Å². The van der Waals surface area contributed by atoms with E-state index in [9.17, 15) is 19.5 Å². The molecule has 0 aliphatic rings. The van der Waals surface area contributed by atoms with Crippen LogP contribution in [-0.4, -0.2) is 53.0 Å². The minimum atomic E-state index is -1.23. The van der Waals surface area contributed by atoms with Gasteiger partial charge in [-0.25, -0.2) is 9.59 Å². The average molecular weight is 399 g/mol. The second-order valence-electron chi connectivity index (χ2n) is 8.44. The SMILES string of the molecule is C#CC[C@@H](O)C(=O)NCCCC[C@H](NC(=O)OC(C)(C)C)C(=O)OC(C)(C)C. The molecule has 160 valence electrons. The van der Waals surface area contributed by atoms with Crippen LogP contribution in [0.4, 0.5) is 4.79 Å². The number of amides is 2. The van der Waals surface area contributed by atoms with E-state index in [1.165, 1.54) is 0 Å². The first-order chi connectivity index (χ1) is 12.7. The number of alkyl carbamates (subject to hydrolysis) is 1. The maximum atomic E-state index is 12.4. The summed E-state index contributed by atoms with van der Waals surface area (Å²) in [5.74, 6) is 1.13. The highest BCUT2D eigenvalue weighted by Crippen LogP contribution is 2.13. The van der Waals surface area contributed by atoms with Crippen LogP contribution < -0.4 is 10.6 Å². The first-order valence-corrected chi connectivity index (χ1v) is 9.37. The summed E-state index contributed by atoms with van der Waals surface area (Å²) in [4.78, 5) is 36.0. The van der Waals surface area contributed by atoms with Gasteiger partial charge >= 0.3 is 12.1 Å². The summed E-state index contributed by atoms with van der Waals surface area (Å²) >= 11 is 0. The van der Waals surface area contributed by atoms with Gasteiger partial charge in [-0.05, 0) is 60.8 Å². The second kappa shape index (κ2) is 11.5. The van der Waals surface area contributed by atoms with Crippen LogP contribution in [0.5, 0.6) is 0 Å². The van der Waals surface area contributed by atoms with Gasteiger partial charge in [0.25, 0.3) is 0 Å². The van der Waals surface area contributed by atoms with E-state index in [0.717, 1.165) is 0 Å². The standard InChI is InChI=1S/C20H34N2O6/c1-8-11-15(23)16(24)21-13-10-9-12-14(17(25)27-19(2,3)4)22-18(26)28-20(5,6)7/h1,14-15,23H,9-13H2,2-7H3,(H,21,24)(H,22,26)/t14-,15+/m0/s1. The Bertz CT molecular complexity index is 569. The van der Waals surface area contributed by atoms with Crippen LogP contribution >= 0.6 is 0 Å². The van der Waals surface area contributed by atoms with Gasteiger partial charge < -0.3 is 25.2 Å². The normalized spacial score (nSPS) is 13.6. The van der Waals surface area contributed by atoms with E-state index in [4.69, 9.17) is 15.9 Å². The quantitative estimate of drug-likeness (QED) is 0.310. The molecule has 0 aromatic heterocycles. The van der Waals surface area contributed by atoms with Crippen molar-refractivity contribution in [1.82, 2.24) is 10.6 Å². The molecule has 8 nitrogen and oxygen atoms in total. The molecule has 0 rings (SSSR count). The number of terminal acetylenes is 1. The highest BCUT2D eigenvalue weighted by Gasteiger charge is 2.28. The van der Waals surface area contributed by atoms with Crippen molar-refractivity contribution in [3.05, 3.63) is 0 Å². The van der Waals surface area contributed by atoms with Crippen LogP contribution in [-0.2, 0) is 19.1 Å². The van der Waals surface area contributed by atoms with Gasteiger partial charge in [0.1, 0.15) is 23.3 Å². The summed E-state index contributed by atoms with van der Waals surface area (Å²) in [6.07, 6.45) is 4.47. The van der Waals surface area contributed by atoms with Gasteiger partial charge in [0.15, 0.2) is 0 Å². The van der Waals surface area contributed by atoms with Crippen LogP contribution in [0.1, 0.15) is 67.2 Å². The van der Waals surface area contributed by atoms with E-state index in [2.05, 4.69) is 16.6 Å². The molecule has 0 bridgehead atoms. The molecule has 0 aliphatic heterocycles. The van der Waals surface area contributed by atoms with Crippen molar-refractivity contribution in [1.29, 1.82) is 0 Å². The largest absolute Gasteiger partial charge is 0.458 e. The maximum absolute atomic E-state index is 12.4. The molecule has 2 atom stereocenters. The van der Waals surface area contributed by atoms with Gasteiger partial charge in [-0.3, -0.25) is 4.79 Å². The lowest BCUT2D eigenvalue weighted by molar-refractivity contribution is -0.157. The molecule has 2 amide bonds. The Balaban J connectivity index is 4.61. The minimum absolute atomic E-state index is 0.0492. The van der Waals surface area contributed by atoms with Gasteiger partial charge in [0, 0.05) is 13.0 Å². The number of aliphatic hydroxyl groups is 1. The first-order valence-electron chi connectivity index (χ1n) is 9.37. The Labute approximate surface area is 167 Å². The minimum Gasteiger partial charge on any atom is -0.458 e. The fraction of sp³-hybridized carbons (Fsp3) is 0.750. The third kappa shape index (κ3) is 13.0. The molecule has 8 heteroatoms. The van der Waals surface area contributed by atoms with Crippen molar-refractivity contribution in [2.45, 2.75) is 90.6 Å². The van der Waals surface area contributed by atoms with Crippen molar-refractivity contribution < 1.29 is 29.0 Å². The molecule has 0 fully saturated rings. The number of aliphatic hydroxyl groups excluding tert-OH is 1. The summed E-state index contributed by atoms with van der Waals surface area (Å²) < 4.78 is 10.6. The fourth-order valence-electron chi connectivity index (χ4n) is 2.08. The molecule has 28 heavy (non-hydrogen) atoms. The van der Waals surface area contributed by atoms with E-state index in [1.807, 2.05) is 0 Å². The molecule has 0 spiro atoms.